The highest BCUT2D eigenvalue weighted by atomic mass is 19.1. The lowest BCUT2D eigenvalue weighted by atomic mass is 10.1. The number of carbonyl (C=O) groups is 1. The van der Waals surface area contributed by atoms with Crippen molar-refractivity contribution in [1.82, 2.24) is 9.80 Å². The maximum Gasteiger partial charge on any atom is 0.257 e. The SMILES string of the molecule is Cc1cc(C(=O)N2CCN(Cc3ccccc3F)CC2)c(C)o1. The van der Waals surface area contributed by atoms with Gasteiger partial charge < -0.3 is 9.32 Å². The third-order valence-electron chi connectivity index (χ3n) is 4.28. The highest BCUT2D eigenvalue weighted by molar-refractivity contribution is 5.95. The number of piperazine rings is 1. The van der Waals surface area contributed by atoms with Crippen LogP contribution in [-0.4, -0.2) is 41.9 Å². The van der Waals surface area contributed by atoms with Gasteiger partial charge in [0.25, 0.3) is 5.91 Å². The van der Waals surface area contributed by atoms with E-state index in [4.69, 9.17) is 4.42 Å². The molecule has 23 heavy (non-hydrogen) atoms. The van der Waals surface area contributed by atoms with Gasteiger partial charge in [-0.25, -0.2) is 4.39 Å². The molecule has 4 nitrogen and oxygen atoms in total. The molecule has 2 heterocycles. The first kappa shape index (κ1) is 15.7. The van der Waals surface area contributed by atoms with Gasteiger partial charge in [-0.05, 0) is 26.0 Å². The molecule has 3 rings (SSSR count). The van der Waals surface area contributed by atoms with Crippen LogP contribution >= 0.6 is 0 Å². The second kappa shape index (κ2) is 6.54. The summed E-state index contributed by atoms with van der Waals surface area (Å²) in [6.07, 6.45) is 0. The molecule has 0 radical (unpaired) electrons. The third kappa shape index (κ3) is 3.45. The Kier molecular flexibility index (Phi) is 4.48. The van der Waals surface area contributed by atoms with Crippen molar-refractivity contribution in [2.45, 2.75) is 20.4 Å². The maximum absolute atomic E-state index is 13.7. The number of aryl methyl sites for hydroxylation is 2. The average molecular weight is 316 g/mol. The van der Waals surface area contributed by atoms with Crippen molar-refractivity contribution in [1.29, 1.82) is 0 Å². The number of benzene rings is 1. The number of nitrogens with zero attached hydrogens (tertiary/aromatic N) is 2. The van der Waals surface area contributed by atoms with Crippen molar-refractivity contribution in [3.63, 3.8) is 0 Å². The number of hydrogen-bond donors (Lipinski definition) is 0. The molecule has 0 bridgehead atoms. The van der Waals surface area contributed by atoms with E-state index in [-0.39, 0.29) is 11.7 Å². The summed E-state index contributed by atoms with van der Waals surface area (Å²) in [6.45, 7) is 7.03. The molecule has 0 spiro atoms. The van der Waals surface area contributed by atoms with Gasteiger partial charge in [-0.15, -0.1) is 0 Å². The van der Waals surface area contributed by atoms with Gasteiger partial charge in [0.2, 0.25) is 0 Å². The molecule has 0 N–H and O–H groups in total. The number of rotatable bonds is 3. The van der Waals surface area contributed by atoms with Gasteiger partial charge in [0.1, 0.15) is 17.3 Å². The molecule has 1 saturated heterocycles. The van der Waals surface area contributed by atoms with Crippen LogP contribution in [-0.2, 0) is 6.54 Å². The van der Waals surface area contributed by atoms with E-state index in [1.165, 1.54) is 6.07 Å². The van der Waals surface area contributed by atoms with Gasteiger partial charge in [-0.3, -0.25) is 9.69 Å². The fraction of sp³-hybridized carbons (Fsp3) is 0.389. The maximum atomic E-state index is 13.7. The van der Waals surface area contributed by atoms with E-state index >= 15 is 0 Å². The minimum absolute atomic E-state index is 0.0184. The summed E-state index contributed by atoms with van der Waals surface area (Å²) in [7, 11) is 0. The van der Waals surface area contributed by atoms with E-state index in [1.54, 1.807) is 12.1 Å². The van der Waals surface area contributed by atoms with Gasteiger partial charge in [0.05, 0.1) is 5.56 Å². The Balaban J connectivity index is 1.59. The summed E-state index contributed by atoms with van der Waals surface area (Å²) < 4.78 is 19.2. The molecule has 1 aromatic heterocycles. The standard InChI is InChI=1S/C18H21FN2O2/c1-13-11-16(14(2)23-13)18(22)21-9-7-20(8-10-21)12-15-5-3-4-6-17(15)19/h3-6,11H,7-10,12H2,1-2H3. The highest BCUT2D eigenvalue weighted by Crippen LogP contribution is 2.18. The molecular formula is C18H21FN2O2. The van der Waals surface area contributed by atoms with Crippen molar-refractivity contribution in [2.24, 2.45) is 0 Å². The molecule has 0 saturated carbocycles. The van der Waals surface area contributed by atoms with Gasteiger partial charge in [-0.2, -0.15) is 0 Å². The third-order valence-corrected chi connectivity index (χ3v) is 4.28. The first-order valence-corrected chi connectivity index (χ1v) is 7.86. The monoisotopic (exact) mass is 316 g/mol. The first-order valence-electron chi connectivity index (χ1n) is 7.86. The van der Waals surface area contributed by atoms with Crippen molar-refractivity contribution < 1.29 is 13.6 Å². The number of hydrogen-bond acceptors (Lipinski definition) is 3. The second-order valence-electron chi connectivity index (χ2n) is 5.99. The van der Waals surface area contributed by atoms with Crippen LogP contribution in [0.4, 0.5) is 4.39 Å². The predicted octanol–water partition coefficient (Wildman–Crippen LogP) is 2.99. The Hall–Kier alpha value is -2.14. The minimum Gasteiger partial charge on any atom is -0.466 e. The van der Waals surface area contributed by atoms with Crippen LogP contribution in [0.5, 0.6) is 0 Å². The van der Waals surface area contributed by atoms with E-state index in [0.29, 0.717) is 36.5 Å². The number of carbonyl (C=O) groups excluding carboxylic acids is 1. The van der Waals surface area contributed by atoms with Crippen LogP contribution in [0.1, 0.15) is 27.4 Å². The van der Waals surface area contributed by atoms with E-state index < -0.39 is 0 Å². The van der Waals surface area contributed by atoms with E-state index in [9.17, 15) is 9.18 Å². The summed E-state index contributed by atoms with van der Waals surface area (Å²) in [5.41, 5.74) is 1.35. The van der Waals surface area contributed by atoms with Crippen LogP contribution < -0.4 is 0 Å². The molecule has 0 aliphatic carbocycles. The molecule has 5 heteroatoms. The summed E-state index contributed by atoms with van der Waals surface area (Å²) in [6, 6.07) is 8.64. The zero-order valence-corrected chi connectivity index (χ0v) is 13.5. The smallest absolute Gasteiger partial charge is 0.257 e. The lowest BCUT2D eigenvalue weighted by molar-refractivity contribution is 0.0625. The van der Waals surface area contributed by atoms with Crippen molar-refractivity contribution in [2.75, 3.05) is 26.2 Å². The normalized spacial score (nSPS) is 15.9. The summed E-state index contributed by atoms with van der Waals surface area (Å²) in [5.74, 6) is 1.27. The zero-order valence-electron chi connectivity index (χ0n) is 13.5. The Morgan fingerprint density at radius 1 is 1.17 bits per heavy atom. The number of amides is 1. The molecule has 1 fully saturated rings. The van der Waals surface area contributed by atoms with Gasteiger partial charge in [0.15, 0.2) is 0 Å². The molecule has 1 aliphatic heterocycles. The van der Waals surface area contributed by atoms with Crippen molar-refractivity contribution in [3.8, 4) is 0 Å². The topological polar surface area (TPSA) is 36.7 Å². The Labute approximate surface area is 135 Å². The van der Waals surface area contributed by atoms with Crippen LogP contribution in [0.2, 0.25) is 0 Å². The van der Waals surface area contributed by atoms with Gasteiger partial charge in [0, 0.05) is 38.3 Å². The largest absolute Gasteiger partial charge is 0.466 e. The zero-order chi connectivity index (χ0) is 16.4. The van der Waals surface area contributed by atoms with E-state index in [2.05, 4.69) is 4.90 Å². The number of furan rings is 1. The van der Waals surface area contributed by atoms with Gasteiger partial charge in [-0.1, -0.05) is 18.2 Å². The van der Waals surface area contributed by atoms with E-state index in [1.807, 2.05) is 30.9 Å². The fourth-order valence-corrected chi connectivity index (χ4v) is 2.99. The molecule has 1 amide bonds. The lowest BCUT2D eigenvalue weighted by Crippen LogP contribution is -2.48. The second-order valence-corrected chi connectivity index (χ2v) is 5.99. The molecular weight excluding hydrogens is 295 g/mol. The van der Waals surface area contributed by atoms with E-state index in [0.717, 1.165) is 18.8 Å². The minimum atomic E-state index is -0.171. The Bertz CT molecular complexity index is 703. The molecule has 1 aliphatic rings. The first-order chi connectivity index (χ1) is 11.0. The van der Waals surface area contributed by atoms with Crippen LogP contribution in [0.15, 0.2) is 34.7 Å². The van der Waals surface area contributed by atoms with Crippen molar-refractivity contribution >= 4 is 5.91 Å². The molecule has 122 valence electrons. The fourth-order valence-electron chi connectivity index (χ4n) is 2.99. The summed E-state index contributed by atoms with van der Waals surface area (Å²) >= 11 is 0. The van der Waals surface area contributed by atoms with Crippen LogP contribution in [0, 0.1) is 19.7 Å². The Morgan fingerprint density at radius 2 is 1.87 bits per heavy atom. The molecule has 2 aromatic rings. The Morgan fingerprint density at radius 3 is 2.48 bits per heavy atom. The molecule has 0 atom stereocenters. The summed E-state index contributed by atoms with van der Waals surface area (Å²) in [4.78, 5) is 16.6. The lowest BCUT2D eigenvalue weighted by Gasteiger charge is -2.34. The van der Waals surface area contributed by atoms with Crippen LogP contribution in [0.3, 0.4) is 0 Å². The van der Waals surface area contributed by atoms with Crippen molar-refractivity contribution in [3.05, 3.63) is 58.8 Å². The number of halogens is 1. The van der Waals surface area contributed by atoms with Crippen LogP contribution in [0.25, 0.3) is 0 Å². The summed E-state index contributed by atoms with van der Waals surface area (Å²) in [5, 5.41) is 0. The quantitative estimate of drug-likeness (QED) is 0.873. The highest BCUT2D eigenvalue weighted by Gasteiger charge is 2.25. The average Bonchev–Trinajstić information content (AvgIpc) is 2.88. The van der Waals surface area contributed by atoms with Gasteiger partial charge >= 0.3 is 0 Å². The molecule has 0 unspecified atom stereocenters. The molecule has 1 aromatic carbocycles. The predicted molar refractivity (Wildman–Crippen MR) is 85.8 cm³/mol.